The van der Waals surface area contributed by atoms with Crippen LogP contribution in [0.25, 0.3) is 0 Å². The van der Waals surface area contributed by atoms with Gasteiger partial charge in [0.2, 0.25) is 0 Å². The number of aliphatic hydroxyl groups excluding tert-OH is 1. The summed E-state index contributed by atoms with van der Waals surface area (Å²) in [6.45, 7) is 3.35. The second-order valence-electron chi connectivity index (χ2n) is 5.94. The van der Waals surface area contributed by atoms with E-state index in [1.807, 2.05) is 0 Å². The normalized spacial score (nSPS) is 33.8. The summed E-state index contributed by atoms with van der Waals surface area (Å²) in [6.07, 6.45) is 8.38. The average Bonchev–Trinajstić information content (AvgIpc) is 3.07. The maximum Gasteiger partial charge on any atom is 0.110 e. The highest BCUT2D eigenvalue weighted by Crippen LogP contribution is 2.38. The molecule has 3 heteroatoms. The van der Waals surface area contributed by atoms with Crippen LogP contribution in [0.2, 0.25) is 0 Å². The van der Waals surface area contributed by atoms with Crippen LogP contribution in [0.15, 0.2) is 11.6 Å². The van der Waals surface area contributed by atoms with Gasteiger partial charge in [-0.15, -0.1) is 0 Å². The molecule has 1 N–H and O–H groups in total. The van der Waals surface area contributed by atoms with Crippen LogP contribution in [-0.2, 0) is 0 Å². The van der Waals surface area contributed by atoms with Crippen LogP contribution < -0.4 is 0 Å². The van der Waals surface area contributed by atoms with Crippen molar-refractivity contribution in [2.75, 3.05) is 26.7 Å². The molecule has 1 unspecified atom stereocenters. The average molecular weight is 236 g/mol. The van der Waals surface area contributed by atoms with Crippen LogP contribution in [0.5, 0.6) is 0 Å². The van der Waals surface area contributed by atoms with E-state index in [-0.39, 0.29) is 6.23 Å². The van der Waals surface area contributed by atoms with E-state index in [9.17, 15) is 5.11 Å². The molecule has 1 saturated carbocycles. The summed E-state index contributed by atoms with van der Waals surface area (Å²) >= 11 is 0. The summed E-state index contributed by atoms with van der Waals surface area (Å²) in [4.78, 5) is 4.73. The molecular formula is C14H24N2O. The molecule has 2 aliphatic heterocycles. The van der Waals surface area contributed by atoms with Gasteiger partial charge in [0.1, 0.15) is 6.23 Å². The molecule has 2 atom stereocenters. The topological polar surface area (TPSA) is 26.7 Å². The lowest BCUT2D eigenvalue weighted by molar-refractivity contribution is -0.0147. The fraction of sp³-hybridized carbons (Fsp3) is 0.857. The number of nitrogens with zero attached hydrogens (tertiary/aromatic N) is 2. The van der Waals surface area contributed by atoms with Crippen molar-refractivity contribution in [3.8, 4) is 0 Å². The third kappa shape index (κ3) is 2.42. The van der Waals surface area contributed by atoms with Crippen molar-refractivity contribution in [2.45, 2.75) is 44.4 Å². The van der Waals surface area contributed by atoms with Crippen molar-refractivity contribution in [3.05, 3.63) is 11.6 Å². The summed E-state index contributed by atoms with van der Waals surface area (Å²) < 4.78 is 0. The highest BCUT2D eigenvalue weighted by Gasteiger charge is 2.40. The maximum absolute atomic E-state index is 10.3. The minimum atomic E-state index is -0.164. The molecule has 2 fully saturated rings. The molecule has 17 heavy (non-hydrogen) atoms. The lowest BCUT2D eigenvalue weighted by atomic mass is 9.98. The summed E-state index contributed by atoms with van der Waals surface area (Å²) in [7, 11) is 2.18. The van der Waals surface area contributed by atoms with E-state index in [4.69, 9.17) is 0 Å². The van der Waals surface area contributed by atoms with Crippen molar-refractivity contribution >= 4 is 0 Å². The quantitative estimate of drug-likeness (QED) is 0.751. The fourth-order valence-electron chi connectivity index (χ4n) is 3.26. The monoisotopic (exact) mass is 236 g/mol. The van der Waals surface area contributed by atoms with E-state index in [2.05, 4.69) is 22.9 Å². The molecule has 0 spiro atoms. The van der Waals surface area contributed by atoms with Gasteiger partial charge in [-0.2, -0.15) is 0 Å². The van der Waals surface area contributed by atoms with Crippen LogP contribution in [0.4, 0.5) is 0 Å². The first-order valence-electron chi connectivity index (χ1n) is 7.07. The van der Waals surface area contributed by atoms with Gasteiger partial charge in [0.25, 0.3) is 0 Å². The van der Waals surface area contributed by atoms with E-state index >= 15 is 0 Å². The molecule has 96 valence electrons. The first-order chi connectivity index (χ1) is 8.25. The number of likely N-dealkylation sites (N-methyl/N-ethyl adjacent to an activating group) is 1. The first-order valence-corrected chi connectivity index (χ1v) is 7.07. The largest absolute Gasteiger partial charge is 0.378 e. The summed E-state index contributed by atoms with van der Waals surface area (Å²) in [5.41, 5.74) is 1.58. The Morgan fingerprint density at radius 1 is 1.29 bits per heavy atom. The van der Waals surface area contributed by atoms with Gasteiger partial charge in [0.05, 0.1) is 0 Å². The van der Waals surface area contributed by atoms with Crippen LogP contribution in [0.1, 0.15) is 32.1 Å². The number of hydrogen-bond donors (Lipinski definition) is 1. The second kappa shape index (κ2) is 4.71. The van der Waals surface area contributed by atoms with Crippen LogP contribution in [-0.4, -0.2) is 53.9 Å². The van der Waals surface area contributed by atoms with E-state index in [1.165, 1.54) is 38.6 Å². The Kier molecular flexibility index (Phi) is 3.24. The zero-order valence-electron chi connectivity index (χ0n) is 10.8. The Morgan fingerprint density at radius 3 is 2.76 bits per heavy atom. The molecule has 3 aliphatic rings. The highest BCUT2D eigenvalue weighted by atomic mass is 16.3. The summed E-state index contributed by atoms with van der Waals surface area (Å²) in [5.74, 6) is 0.572. The van der Waals surface area contributed by atoms with Gasteiger partial charge >= 0.3 is 0 Å². The van der Waals surface area contributed by atoms with Crippen molar-refractivity contribution in [1.29, 1.82) is 0 Å². The molecule has 1 saturated heterocycles. The zero-order valence-corrected chi connectivity index (χ0v) is 10.8. The molecule has 3 rings (SSSR count). The number of hydrogen-bond acceptors (Lipinski definition) is 3. The molecule has 3 nitrogen and oxygen atoms in total. The fourth-order valence-corrected chi connectivity index (χ4v) is 3.26. The molecule has 0 aromatic carbocycles. The van der Waals surface area contributed by atoms with Gasteiger partial charge in [0, 0.05) is 25.7 Å². The minimum Gasteiger partial charge on any atom is -0.378 e. The maximum atomic E-state index is 10.3. The predicted molar refractivity (Wildman–Crippen MR) is 68.7 cm³/mol. The van der Waals surface area contributed by atoms with Crippen LogP contribution in [0.3, 0.4) is 0 Å². The van der Waals surface area contributed by atoms with E-state index in [0.717, 1.165) is 13.1 Å². The Balaban J connectivity index is 1.68. The third-order valence-corrected chi connectivity index (χ3v) is 4.55. The standard InChI is InChI=1S/C14H24N2O/c1-15-9-6-11(7-10-15)13-3-2-8-16(13)14(17)12-4-5-12/h6,12-14,17H,2-5,7-10H2,1H3/t13-,14?/m0/s1. The Labute approximate surface area is 104 Å². The molecule has 0 amide bonds. The summed E-state index contributed by atoms with van der Waals surface area (Å²) in [6, 6.07) is 0.541. The highest BCUT2D eigenvalue weighted by molar-refractivity contribution is 5.17. The number of likely N-dealkylation sites (tertiary alicyclic amines) is 1. The molecule has 0 aromatic rings. The van der Waals surface area contributed by atoms with Gasteiger partial charge in [0.15, 0.2) is 0 Å². The number of rotatable bonds is 3. The molecule has 0 aromatic heterocycles. The number of aliphatic hydroxyl groups is 1. The van der Waals surface area contributed by atoms with E-state index in [0.29, 0.717) is 12.0 Å². The van der Waals surface area contributed by atoms with E-state index in [1.54, 1.807) is 5.57 Å². The van der Waals surface area contributed by atoms with Crippen molar-refractivity contribution in [2.24, 2.45) is 5.92 Å². The summed E-state index contributed by atoms with van der Waals surface area (Å²) in [5, 5.41) is 10.3. The molecule has 2 heterocycles. The van der Waals surface area contributed by atoms with Gasteiger partial charge in [-0.05, 0) is 45.1 Å². The lowest BCUT2D eigenvalue weighted by Crippen LogP contribution is -2.42. The first kappa shape index (κ1) is 11.7. The molecule has 0 bridgehead atoms. The Bertz CT molecular complexity index is 311. The molecule has 0 radical (unpaired) electrons. The van der Waals surface area contributed by atoms with Crippen LogP contribution >= 0.6 is 0 Å². The van der Waals surface area contributed by atoms with E-state index < -0.39 is 0 Å². The minimum absolute atomic E-state index is 0.164. The smallest absolute Gasteiger partial charge is 0.110 e. The zero-order chi connectivity index (χ0) is 11.8. The molecular weight excluding hydrogens is 212 g/mol. The SMILES string of the molecule is CN1CC=C([C@@H]2CCCN2C(O)C2CC2)CC1. The third-order valence-electron chi connectivity index (χ3n) is 4.55. The Hall–Kier alpha value is -0.380. The van der Waals surface area contributed by atoms with Crippen molar-refractivity contribution in [1.82, 2.24) is 9.80 Å². The molecule has 1 aliphatic carbocycles. The van der Waals surface area contributed by atoms with Gasteiger partial charge in [-0.3, -0.25) is 4.90 Å². The van der Waals surface area contributed by atoms with Crippen molar-refractivity contribution < 1.29 is 5.11 Å². The lowest BCUT2D eigenvalue weighted by Gasteiger charge is -2.34. The van der Waals surface area contributed by atoms with Gasteiger partial charge in [-0.25, -0.2) is 0 Å². The predicted octanol–water partition coefficient (Wildman–Crippen LogP) is 1.44. The van der Waals surface area contributed by atoms with Crippen molar-refractivity contribution in [3.63, 3.8) is 0 Å². The Morgan fingerprint density at radius 2 is 2.12 bits per heavy atom. The second-order valence-corrected chi connectivity index (χ2v) is 5.94. The van der Waals surface area contributed by atoms with Gasteiger partial charge < -0.3 is 10.0 Å². The van der Waals surface area contributed by atoms with Gasteiger partial charge in [-0.1, -0.05) is 11.6 Å². The van der Waals surface area contributed by atoms with Crippen LogP contribution in [0, 0.1) is 5.92 Å².